The zero-order chi connectivity index (χ0) is 26.5. The molecule has 0 saturated heterocycles. The molecular weight excluding hydrogens is 464 g/mol. The highest BCUT2D eigenvalue weighted by atomic mass is 16.5. The highest BCUT2D eigenvalue weighted by Crippen LogP contribution is 2.38. The fourth-order valence-corrected chi connectivity index (χ4v) is 5.47. The standard InChI is InChI=1S/C30H40N4O3/c1-19(2)15-16-31-30(37-6)21(4)20(3)17-22-7-13-25-27(14-8-22)33-29(35)26-18-32-34(28(25)26)23-9-11-24(36-5)12-10-23/h7,13,16,18,23-24,27H,8-12,14,17H2,1-6H3,(H,33,35)/b21-20+,31-30?. The SMILES string of the molecule is COC(=NC=C=C(C)C)/C(C)=C(\C)CC1=CC=C2c3c(cnn3C3CCC(OC)CC3)C(=O)NC2CC1. The van der Waals surface area contributed by atoms with E-state index in [2.05, 4.69) is 39.8 Å². The molecule has 198 valence electrons. The fraction of sp³-hybridized carbons (Fsp3) is 0.533. The molecule has 1 amide bonds. The van der Waals surface area contributed by atoms with Gasteiger partial charge in [-0.1, -0.05) is 23.3 Å². The van der Waals surface area contributed by atoms with Crippen LogP contribution in [-0.2, 0) is 9.47 Å². The minimum Gasteiger partial charge on any atom is -0.481 e. The Kier molecular flexibility index (Phi) is 8.67. The van der Waals surface area contributed by atoms with E-state index in [9.17, 15) is 4.79 Å². The molecule has 3 aliphatic rings. The van der Waals surface area contributed by atoms with E-state index >= 15 is 0 Å². The molecule has 1 fully saturated rings. The van der Waals surface area contributed by atoms with Crippen molar-refractivity contribution in [3.05, 3.63) is 63.8 Å². The summed E-state index contributed by atoms with van der Waals surface area (Å²) < 4.78 is 13.2. The summed E-state index contributed by atoms with van der Waals surface area (Å²) >= 11 is 0. The van der Waals surface area contributed by atoms with Crippen molar-refractivity contribution in [2.24, 2.45) is 4.99 Å². The van der Waals surface area contributed by atoms with Gasteiger partial charge in [-0.05, 0) is 78.2 Å². The van der Waals surface area contributed by atoms with Gasteiger partial charge in [0, 0.05) is 18.3 Å². The first-order valence-corrected chi connectivity index (χ1v) is 13.3. The topological polar surface area (TPSA) is 77.7 Å². The van der Waals surface area contributed by atoms with Crippen LogP contribution in [0.2, 0.25) is 0 Å². The number of aliphatic imine (C=N–C) groups is 1. The lowest BCUT2D eigenvalue weighted by molar-refractivity contribution is 0.0566. The van der Waals surface area contributed by atoms with Crippen molar-refractivity contribution >= 4 is 17.4 Å². The molecule has 1 aromatic heterocycles. The van der Waals surface area contributed by atoms with Gasteiger partial charge >= 0.3 is 0 Å². The summed E-state index contributed by atoms with van der Waals surface area (Å²) in [6, 6.07) is 0.296. The quantitative estimate of drug-likeness (QED) is 0.289. The number of hydrogen-bond donors (Lipinski definition) is 1. The van der Waals surface area contributed by atoms with Crippen LogP contribution in [0.1, 0.15) is 94.7 Å². The first kappa shape index (κ1) is 26.9. The van der Waals surface area contributed by atoms with Crippen LogP contribution in [0, 0.1) is 0 Å². The molecule has 2 heterocycles. The molecule has 37 heavy (non-hydrogen) atoms. The molecule has 0 spiro atoms. The Hall–Kier alpha value is -3.15. The third-order valence-electron chi connectivity index (χ3n) is 7.75. The largest absolute Gasteiger partial charge is 0.481 e. The molecule has 0 radical (unpaired) electrons. The van der Waals surface area contributed by atoms with Gasteiger partial charge in [-0.3, -0.25) is 9.48 Å². The van der Waals surface area contributed by atoms with E-state index in [1.165, 1.54) is 16.7 Å². The average Bonchev–Trinajstić information content (AvgIpc) is 3.25. The van der Waals surface area contributed by atoms with E-state index in [1.54, 1.807) is 26.6 Å². The Balaban J connectivity index is 1.60. The Labute approximate surface area is 220 Å². The van der Waals surface area contributed by atoms with Gasteiger partial charge in [-0.15, -0.1) is 5.73 Å². The van der Waals surface area contributed by atoms with Crippen molar-refractivity contribution in [3.8, 4) is 0 Å². The number of fused-ring (bicyclic) bond motifs is 3. The van der Waals surface area contributed by atoms with Gasteiger partial charge in [0.1, 0.15) is 0 Å². The van der Waals surface area contributed by atoms with Gasteiger partial charge in [-0.25, -0.2) is 4.99 Å². The van der Waals surface area contributed by atoms with Crippen LogP contribution < -0.4 is 5.32 Å². The number of ether oxygens (including phenoxy) is 2. The molecule has 1 aliphatic heterocycles. The number of hydrogen-bond acceptors (Lipinski definition) is 5. The Morgan fingerprint density at radius 1 is 1.16 bits per heavy atom. The van der Waals surface area contributed by atoms with Gasteiger partial charge in [0.25, 0.3) is 5.91 Å². The molecule has 1 N–H and O–H groups in total. The number of carbonyl (C=O) groups excluding carboxylic acids is 1. The molecule has 1 saturated carbocycles. The maximum atomic E-state index is 13.0. The molecule has 0 aromatic carbocycles. The summed E-state index contributed by atoms with van der Waals surface area (Å²) in [5.74, 6) is 0.589. The molecule has 0 bridgehead atoms. The summed E-state index contributed by atoms with van der Waals surface area (Å²) in [4.78, 5) is 17.4. The first-order chi connectivity index (χ1) is 17.8. The predicted octanol–water partition coefficient (Wildman–Crippen LogP) is 6.08. The van der Waals surface area contributed by atoms with Crippen molar-refractivity contribution in [2.75, 3.05) is 14.2 Å². The Bertz CT molecular complexity index is 1210. The number of nitrogens with one attached hydrogen (secondary N) is 1. The van der Waals surface area contributed by atoms with Gasteiger partial charge < -0.3 is 14.8 Å². The Morgan fingerprint density at radius 2 is 1.92 bits per heavy atom. The van der Waals surface area contributed by atoms with E-state index in [4.69, 9.17) is 14.6 Å². The van der Waals surface area contributed by atoms with E-state index in [1.807, 2.05) is 20.8 Å². The van der Waals surface area contributed by atoms with Crippen LogP contribution in [0.3, 0.4) is 0 Å². The number of methoxy groups -OCH3 is 2. The minimum atomic E-state index is -0.0188. The summed E-state index contributed by atoms with van der Waals surface area (Å²) in [6.07, 6.45) is 14.9. The van der Waals surface area contributed by atoms with E-state index in [-0.39, 0.29) is 11.9 Å². The monoisotopic (exact) mass is 504 g/mol. The van der Waals surface area contributed by atoms with Gasteiger partial charge in [-0.2, -0.15) is 5.10 Å². The minimum absolute atomic E-state index is 0.00444. The van der Waals surface area contributed by atoms with Crippen molar-refractivity contribution in [1.82, 2.24) is 15.1 Å². The molecule has 1 atom stereocenters. The van der Waals surface area contributed by atoms with Gasteiger partial charge in [0.15, 0.2) is 0 Å². The van der Waals surface area contributed by atoms with Crippen molar-refractivity contribution < 1.29 is 14.3 Å². The number of nitrogens with zero attached hydrogens (tertiary/aromatic N) is 3. The molecule has 7 nitrogen and oxygen atoms in total. The zero-order valence-electron chi connectivity index (χ0n) is 23.1. The van der Waals surface area contributed by atoms with E-state index < -0.39 is 0 Å². The number of aromatic nitrogens is 2. The van der Waals surface area contributed by atoms with Crippen LogP contribution in [0.25, 0.3) is 5.57 Å². The van der Waals surface area contributed by atoms with E-state index in [0.29, 0.717) is 23.6 Å². The Morgan fingerprint density at radius 3 is 2.59 bits per heavy atom. The summed E-state index contributed by atoms with van der Waals surface area (Å²) in [5, 5.41) is 7.93. The summed E-state index contributed by atoms with van der Waals surface area (Å²) in [6.45, 7) is 8.15. The number of amides is 1. The summed E-state index contributed by atoms with van der Waals surface area (Å²) in [7, 11) is 3.44. The van der Waals surface area contributed by atoms with Crippen LogP contribution in [-0.4, -0.2) is 48.0 Å². The van der Waals surface area contributed by atoms with Crippen LogP contribution in [0.4, 0.5) is 0 Å². The van der Waals surface area contributed by atoms with Crippen LogP contribution >= 0.6 is 0 Å². The first-order valence-electron chi connectivity index (χ1n) is 13.3. The number of rotatable bonds is 6. The van der Waals surface area contributed by atoms with Crippen molar-refractivity contribution in [2.45, 2.75) is 90.8 Å². The van der Waals surface area contributed by atoms with Crippen LogP contribution in [0.15, 0.2) is 57.6 Å². The number of carbonyl (C=O) groups is 1. The third kappa shape index (κ3) is 6.06. The van der Waals surface area contributed by atoms with Gasteiger partial charge in [0.05, 0.1) is 49.0 Å². The molecule has 2 aliphatic carbocycles. The second-order valence-electron chi connectivity index (χ2n) is 10.5. The molecule has 7 heteroatoms. The van der Waals surface area contributed by atoms with Crippen molar-refractivity contribution in [3.63, 3.8) is 0 Å². The smallest absolute Gasteiger partial charge is 0.255 e. The third-order valence-corrected chi connectivity index (χ3v) is 7.75. The maximum Gasteiger partial charge on any atom is 0.255 e. The zero-order valence-corrected chi connectivity index (χ0v) is 23.1. The highest BCUT2D eigenvalue weighted by Gasteiger charge is 2.35. The second-order valence-corrected chi connectivity index (χ2v) is 10.5. The van der Waals surface area contributed by atoms with Gasteiger partial charge in [0.2, 0.25) is 5.90 Å². The molecular formula is C30H40N4O3. The van der Waals surface area contributed by atoms with E-state index in [0.717, 1.165) is 61.8 Å². The lowest BCUT2D eigenvalue weighted by Gasteiger charge is -2.32. The lowest BCUT2D eigenvalue weighted by atomic mass is 9.90. The average molecular weight is 505 g/mol. The second kappa shape index (κ2) is 11.9. The van der Waals surface area contributed by atoms with Crippen LogP contribution in [0.5, 0.6) is 0 Å². The molecule has 1 unspecified atom stereocenters. The molecule has 4 rings (SSSR count). The predicted molar refractivity (Wildman–Crippen MR) is 147 cm³/mol. The fourth-order valence-electron chi connectivity index (χ4n) is 5.47. The number of allylic oxidation sites excluding steroid dienone is 5. The normalized spacial score (nSPS) is 24.3. The summed E-state index contributed by atoms with van der Waals surface area (Å²) in [5.41, 5.74) is 10.6. The van der Waals surface area contributed by atoms with Crippen molar-refractivity contribution in [1.29, 1.82) is 0 Å². The molecule has 1 aromatic rings. The lowest BCUT2D eigenvalue weighted by Crippen LogP contribution is -2.41. The maximum absolute atomic E-state index is 13.0. The highest BCUT2D eigenvalue weighted by molar-refractivity contribution is 6.03.